The molecule has 3 nitrogen and oxygen atoms in total. The van der Waals surface area contributed by atoms with Crippen molar-refractivity contribution in [2.45, 2.75) is 90.3 Å². The summed E-state index contributed by atoms with van der Waals surface area (Å²) in [6.07, 6.45) is 7.89. The van der Waals surface area contributed by atoms with Gasteiger partial charge in [-0.3, -0.25) is 5.21 Å². The molecule has 1 saturated carbocycles. The number of nitrogens with zero attached hydrogens (tertiary/aromatic N) is 1. The van der Waals surface area contributed by atoms with E-state index in [1.54, 1.807) is 6.21 Å². The van der Waals surface area contributed by atoms with E-state index in [0.29, 0.717) is 22.5 Å². The van der Waals surface area contributed by atoms with E-state index in [9.17, 15) is 5.21 Å². The Morgan fingerprint density at radius 2 is 1.40 bits per heavy atom. The molecule has 0 saturated heterocycles. The normalized spacial score (nSPS) is 19.1. The first kappa shape index (κ1) is 17.5. The van der Waals surface area contributed by atoms with Gasteiger partial charge in [0.25, 0.3) is 0 Å². The first-order valence-electron chi connectivity index (χ1n) is 8.31. The standard InChI is InChI=1S/C16H33NO2Si/c1-13(2)20(14(3)4,15(5)6)19-17(18)12-16-10-8-7-9-11-16/h12-16H,7-11H2,1-6H3/b17-12+. The Hall–Kier alpha value is -0.513. The van der Waals surface area contributed by atoms with Gasteiger partial charge in [-0.05, 0) is 29.5 Å². The Morgan fingerprint density at radius 3 is 1.80 bits per heavy atom. The fraction of sp³-hybridized carbons (Fsp3) is 0.938. The lowest BCUT2D eigenvalue weighted by Gasteiger charge is -2.43. The van der Waals surface area contributed by atoms with Crippen LogP contribution in [-0.2, 0) is 4.53 Å². The Bertz CT molecular complexity index is 299. The van der Waals surface area contributed by atoms with Crippen LogP contribution in [0.1, 0.15) is 73.6 Å². The fourth-order valence-corrected chi connectivity index (χ4v) is 8.96. The van der Waals surface area contributed by atoms with Crippen LogP contribution in [0.15, 0.2) is 0 Å². The van der Waals surface area contributed by atoms with Crippen molar-refractivity contribution in [2.75, 3.05) is 0 Å². The van der Waals surface area contributed by atoms with E-state index in [0.717, 1.165) is 17.7 Å². The van der Waals surface area contributed by atoms with Crippen molar-refractivity contribution >= 4 is 14.5 Å². The van der Waals surface area contributed by atoms with Crippen LogP contribution in [0.4, 0.5) is 0 Å². The Labute approximate surface area is 126 Å². The third kappa shape index (κ3) is 4.00. The van der Waals surface area contributed by atoms with Crippen molar-refractivity contribution in [1.82, 2.24) is 0 Å². The summed E-state index contributed by atoms with van der Waals surface area (Å²) in [5, 5.41) is 12.3. The SMILES string of the molecule is CC(C)[Si](O/[N+]([O-])=C/C1CCCCC1)(C(C)C)C(C)C. The van der Waals surface area contributed by atoms with Gasteiger partial charge < -0.3 is 4.53 Å². The van der Waals surface area contributed by atoms with Crippen LogP contribution in [0.25, 0.3) is 0 Å². The zero-order valence-electron chi connectivity index (χ0n) is 14.2. The first-order chi connectivity index (χ1) is 9.30. The number of rotatable bonds is 6. The maximum Gasteiger partial charge on any atom is 0.212 e. The van der Waals surface area contributed by atoms with Crippen LogP contribution in [-0.4, -0.2) is 19.4 Å². The Morgan fingerprint density at radius 1 is 0.950 bits per heavy atom. The van der Waals surface area contributed by atoms with Crippen molar-refractivity contribution in [3.8, 4) is 0 Å². The van der Waals surface area contributed by atoms with Crippen molar-refractivity contribution in [2.24, 2.45) is 5.92 Å². The van der Waals surface area contributed by atoms with Gasteiger partial charge in [-0.25, -0.2) is 0 Å². The van der Waals surface area contributed by atoms with Crippen LogP contribution in [0.5, 0.6) is 0 Å². The highest BCUT2D eigenvalue weighted by Gasteiger charge is 2.44. The lowest BCUT2D eigenvalue weighted by Crippen LogP contribution is -2.49. The summed E-state index contributed by atoms with van der Waals surface area (Å²) in [5.74, 6) is 0.416. The Kier molecular flexibility index (Phi) is 6.56. The fourth-order valence-electron chi connectivity index (χ4n) is 3.96. The smallest absolute Gasteiger partial charge is 0.212 e. The molecular formula is C16H33NO2Si. The molecular weight excluding hydrogens is 266 g/mol. The van der Waals surface area contributed by atoms with Gasteiger partial charge in [-0.15, -0.1) is 0 Å². The van der Waals surface area contributed by atoms with E-state index in [4.69, 9.17) is 4.53 Å². The van der Waals surface area contributed by atoms with Gasteiger partial charge in [0.2, 0.25) is 14.5 Å². The van der Waals surface area contributed by atoms with Gasteiger partial charge >= 0.3 is 0 Å². The van der Waals surface area contributed by atoms with Crippen LogP contribution in [0, 0.1) is 11.1 Å². The average Bonchev–Trinajstić information content (AvgIpc) is 2.35. The maximum absolute atomic E-state index is 12.3. The minimum Gasteiger partial charge on any atom is -0.442 e. The average molecular weight is 300 g/mol. The van der Waals surface area contributed by atoms with Gasteiger partial charge in [0.05, 0.1) is 0 Å². The number of hydrogen-bond acceptors (Lipinski definition) is 2. The van der Waals surface area contributed by atoms with Gasteiger partial charge in [0.15, 0.2) is 0 Å². The van der Waals surface area contributed by atoms with Gasteiger partial charge in [0, 0.05) is 10.8 Å². The lowest BCUT2D eigenvalue weighted by atomic mass is 9.90. The number of hydrogen-bond donors (Lipinski definition) is 0. The highest BCUT2D eigenvalue weighted by Crippen LogP contribution is 2.42. The summed E-state index contributed by atoms with van der Waals surface area (Å²) < 4.78 is 6.09. The molecule has 0 aromatic rings. The van der Waals surface area contributed by atoms with E-state index in [1.807, 2.05) is 0 Å². The molecule has 0 bridgehead atoms. The molecule has 0 N–H and O–H groups in total. The molecule has 0 heterocycles. The summed E-state index contributed by atoms with van der Waals surface area (Å²) in [6, 6.07) is 0. The van der Waals surface area contributed by atoms with E-state index < -0.39 is 8.32 Å². The molecule has 0 radical (unpaired) electrons. The molecule has 0 aromatic heterocycles. The second-order valence-electron chi connectivity index (χ2n) is 7.24. The van der Waals surface area contributed by atoms with Crippen molar-refractivity contribution in [3.63, 3.8) is 0 Å². The molecule has 0 amide bonds. The summed E-state index contributed by atoms with van der Waals surface area (Å²) in [5.41, 5.74) is 1.33. The summed E-state index contributed by atoms with van der Waals surface area (Å²) >= 11 is 0. The molecule has 1 aliphatic carbocycles. The molecule has 118 valence electrons. The molecule has 1 rings (SSSR count). The molecule has 1 aliphatic rings. The van der Waals surface area contributed by atoms with Crippen molar-refractivity contribution in [1.29, 1.82) is 0 Å². The highest BCUT2D eigenvalue weighted by molar-refractivity contribution is 6.77. The van der Waals surface area contributed by atoms with Gasteiger partial charge in [0.1, 0.15) is 0 Å². The molecule has 4 heteroatoms. The molecule has 0 unspecified atom stereocenters. The summed E-state index contributed by atoms with van der Waals surface area (Å²) in [4.78, 5) is 0.836. The van der Waals surface area contributed by atoms with E-state index >= 15 is 0 Å². The quantitative estimate of drug-likeness (QED) is 0.290. The lowest BCUT2D eigenvalue weighted by molar-refractivity contribution is -0.703. The molecule has 20 heavy (non-hydrogen) atoms. The van der Waals surface area contributed by atoms with Crippen LogP contribution in [0.3, 0.4) is 0 Å². The first-order valence-corrected chi connectivity index (χ1v) is 10.4. The predicted molar refractivity (Wildman–Crippen MR) is 88.4 cm³/mol. The second-order valence-corrected chi connectivity index (χ2v) is 12.6. The zero-order chi connectivity index (χ0) is 15.3. The predicted octanol–water partition coefficient (Wildman–Crippen LogP) is 5.25. The van der Waals surface area contributed by atoms with Crippen molar-refractivity contribution in [3.05, 3.63) is 5.21 Å². The van der Waals surface area contributed by atoms with Crippen molar-refractivity contribution < 1.29 is 9.43 Å². The minimum absolute atomic E-state index is 0.416. The Balaban J connectivity index is 2.85. The molecule has 1 fully saturated rings. The van der Waals surface area contributed by atoms with Gasteiger partial charge in [-0.2, -0.15) is 0 Å². The van der Waals surface area contributed by atoms with E-state index in [1.165, 1.54) is 19.3 Å². The molecule has 0 aliphatic heterocycles. The van der Waals surface area contributed by atoms with Gasteiger partial charge in [-0.1, -0.05) is 60.8 Å². The molecule has 0 atom stereocenters. The largest absolute Gasteiger partial charge is 0.442 e. The molecule has 0 aromatic carbocycles. The third-order valence-corrected chi connectivity index (χ3v) is 10.8. The highest BCUT2D eigenvalue weighted by atomic mass is 28.4. The monoisotopic (exact) mass is 299 g/mol. The summed E-state index contributed by atoms with van der Waals surface area (Å²) in [6.45, 7) is 13.3. The topological polar surface area (TPSA) is 35.3 Å². The maximum atomic E-state index is 12.3. The van der Waals surface area contributed by atoms with E-state index in [-0.39, 0.29) is 0 Å². The van der Waals surface area contributed by atoms with E-state index in [2.05, 4.69) is 41.5 Å². The van der Waals surface area contributed by atoms with Crippen LogP contribution in [0.2, 0.25) is 16.6 Å². The zero-order valence-corrected chi connectivity index (χ0v) is 15.2. The third-order valence-electron chi connectivity index (χ3n) is 4.94. The van der Waals surface area contributed by atoms with Crippen LogP contribution >= 0.6 is 0 Å². The molecule has 0 spiro atoms. The summed E-state index contributed by atoms with van der Waals surface area (Å²) in [7, 11) is -2.09. The van der Waals surface area contributed by atoms with Crippen LogP contribution < -0.4 is 0 Å². The second kappa shape index (κ2) is 7.48. The minimum atomic E-state index is -2.09.